The van der Waals surface area contributed by atoms with Crippen molar-refractivity contribution in [2.24, 2.45) is 0 Å². The van der Waals surface area contributed by atoms with Gasteiger partial charge in [0.1, 0.15) is 0 Å². The van der Waals surface area contributed by atoms with Crippen LogP contribution in [0.15, 0.2) is 41.6 Å². The van der Waals surface area contributed by atoms with Gasteiger partial charge in [0.2, 0.25) is 11.1 Å². The van der Waals surface area contributed by atoms with Gasteiger partial charge in [-0.3, -0.25) is 4.79 Å². The Morgan fingerprint density at radius 2 is 1.96 bits per heavy atom. The van der Waals surface area contributed by atoms with Gasteiger partial charge in [0.25, 0.3) is 0 Å². The standard InChI is InChI=1S/C20H23N5OS/c1-5-16-8-6-7-15(4)19(16)21-18(26)12-27-20-22-23-24-25(20)17-11-13(2)9-10-14(17)3/h6-11H,5,12H2,1-4H3,(H,21,26). The molecule has 6 nitrogen and oxygen atoms in total. The molecule has 0 saturated heterocycles. The Balaban J connectivity index is 1.73. The van der Waals surface area contributed by atoms with Gasteiger partial charge in [-0.1, -0.05) is 49.0 Å². The Morgan fingerprint density at radius 1 is 1.15 bits per heavy atom. The zero-order valence-electron chi connectivity index (χ0n) is 16.0. The highest BCUT2D eigenvalue weighted by molar-refractivity contribution is 7.99. The number of thioether (sulfide) groups is 1. The maximum absolute atomic E-state index is 12.5. The number of amides is 1. The number of carbonyl (C=O) groups is 1. The minimum absolute atomic E-state index is 0.0699. The third kappa shape index (κ3) is 4.36. The van der Waals surface area contributed by atoms with E-state index < -0.39 is 0 Å². The molecule has 0 aliphatic carbocycles. The van der Waals surface area contributed by atoms with Crippen LogP contribution in [0.4, 0.5) is 5.69 Å². The number of hydrogen-bond donors (Lipinski definition) is 1. The number of para-hydroxylation sites is 1. The van der Waals surface area contributed by atoms with E-state index in [1.165, 1.54) is 11.8 Å². The number of carbonyl (C=O) groups excluding carboxylic acids is 1. The molecule has 0 spiro atoms. The van der Waals surface area contributed by atoms with Crippen LogP contribution in [0.1, 0.15) is 29.2 Å². The van der Waals surface area contributed by atoms with E-state index in [2.05, 4.69) is 33.8 Å². The van der Waals surface area contributed by atoms with Crippen molar-refractivity contribution in [3.8, 4) is 5.69 Å². The minimum Gasteiger partial charge on any atom is -0.325 e. The summed E-state index contributed by atoms with van der Waals surface area (Å²) < 4.78 is 1.69. The molecule has 1 aromatic heterocycles. The molecule has 0 aliphatic rings. The highest BCUT2D eigenvalue weighted by Gasteiger charge is 2.14. The zero-order valence-corrected chi connectivity index (χ0v) is 16.8. The van der Waals surface area contributed by atoms with Crippen LogP contribution in [0.2, 0.25) is 0 Å². The number of nitrogens with one attached hydrogen (secondary N) is 1. The molecule has 1 amide bonds. The molecule has 0 fully saturated rings. The van der Waals surface area contributed by atoms with Crippen molar-refractivity contribution in [1.29, 1.82) is 0 Å². The molecule has 2 aromatic carbocycles. The van der Waals surface area contributed by atoms with Crippen LogP contribution in [-0.2, 0) is 11.2 Å². The smallest absolute Gasteiger partial charge is 0.234 e. The summed E-state index contributed by atoms with van der Waals surface area (Å²) >= 11 is 1.32. The number of tetrazole rings is 1. The molecule has 7 heteroatoms. The fraction of sp³-hybridized carbons (Fsp3) is 0.300. The van der Waals surface area contributed by atoms with Gasteiger partial charge >= 0.3 is 0 Å². The Bertz CT molecular complexity index is 967. The topological polar surface area (TPSA) is 72.7 Å². The summed E-state index contributed by atoms with van der Waals surface area (Å²) in [6, 6.07) is 12.2. The Hall–Kier alpha value is -2.67. The first-order valence-corrected chi connectivity index (χ1v) is 9.85. The molecule has 140 valence electrons. The normalized spacial score (nSPS) is 10.8. The average Bonchev–Trinajstić information content (AvgIpc) is 3.12. The van der Waals surface area contributed by atoms with Gasteiger partial charge in [-0.15, -0.1) is 5.10 Å². The van der Waals surface area contributed by atoms with E-state index in [1.807, 2.05) is 51.1 Å². The predicted octanol–water partition coefficient (Wildman–Crippen LogP) is 3.88. The number of aryl methyl sites for hydroxylation is 4. The van der Waals surface area contributed by atoms with E-state index in [4.69, 9.17) is 0 Å². The van der Waals surface area contributed by atoms with Gasteiger partial charge in [0.05, 0.1) is 11.4 Å². The first-order valence-electron chi connectivity index (χ1n) is 8.86. The number of aromatic nitrogens is 4. The van der Waals surface area contributed by atoms with E-state index in [-0.39, 0.29) is 11.7 Å². The highest BCUT2D eigenvalue weighted by atomic mass is 32.2. The van der Waals surface area contributed by atoms with Gasteiger partial charge in [-0.25, -0.2) is 0 Å². The lowest BCUT2D eigenvalue weighted by Crippen LogP contribution is -2.16. The van der Waals surface area contributed by atoms with Crippen molar-refractivity contribution < 1.29 is 4.79 Å². The van der Waals surface area contributed by atoms with Crippen molar-refractivity contribution in [3.63, 3.8) is 0 Å². The molecule has 1 N–H and O–H groups in total. The fourth-order valence-electron chi connectivity index (χ4n) is 2.88. The quantitative estimate of drug-likeness (QED) is 0.656. The van der Waals surface area contributed by atoms with Crippen LogP contribution in [0.5, 0.6) is 0 Å². The van der Waals surface area contributed by atoms with Crippen LogP contribution in [0, 0.1) is 20.8 Å². The third-order valence-electron chi connectivity index (χ3n) is 4.37. The molecule has 0 aliphatic heterocycles. The third-order valence-corrected chi connectivity index (χ3v) is 5.29. The molecule has 0 unspecified atom stereocenters. The minimum atomic E-state index is -0.0699. The fourth-order valence-corrected chi connectivity index (χ4v) is 3.56. The lowest BCUT2D eigenvalue weighted by molar-refractivity contribution is -0.113. The largest absolute Gasteiger partial charge is 0.325 e. The number of anilines is 1. The number of benzene rings is 2. The van der Waals surface area contributed by atoms with Gasteiger partial charge in [-0.2, -0.15) is 4.68 Å². The molecule has 0 radical (unpaired) electrons. The zero-order chi connectivity index (χ0) is 19.4. The Morgan fingerprint density at radius 3 is 2.74 bits per heavy atom. The Labute approximate surface area is 163 Å². The van der Waals surface area contributed by atoms with E-state index >= 15 is 0 Å². The second-order valence-electron chi connectivity index (χ2n) is 6.46. The lowest BCUT2D eigenvalue weighted by Gasteiger charge is -2.13. The van der Waals surface area contributed by atoms with Crippen molar-refractivity contribution in [1.82, 2.24) is 20.2 Å². The molecule has 0 bridgehead atoms. The molecule has 0 atom stereocenters. The van der Waals surface area contributed by atoms with Crippen LogP contribution in [0.3, 0.4) is 0 Å². The van der Waals surface area contributed by atoms with E-state index in [9.17, 15) is 4.79 Å². The molecule has 3 aromatic rings. The summed E-state index contributed by atoms with van der Waals surface area (Å²) in [5.41, 5.74) is 6.23. The summed E-state index contributed by atoms with van der Waals surface area (Å²) in [5, 5.41) is 15.6. The van der Waals surface area contributed by atoms with Crippen LogP contribution in [-0.4, -0.2) is 31.9 Å². The summed E-state index contributed by atoms with van der Waals surface area (Å²) in [7, 11) is 0. The van der Waals surface area contributed by atoms with Crippen molar-refractivity contribution >= 4 is 23.4 Å². The second kappa shape index (κ2) is 8.35. The van der Waals surface area contributed by atoms with Gasteiger partial charge in [0, 0.05) is 5.69 Å². The lowest BCUT2D eigenvalue weighted by atomic mass is 10.1. The average molecular weight is 382 g/mol. The monoisotopic (exact) mass is 381 g/mol. The maximum atomic E-state index is 12.5. The maximum Gasteiger partial charge on any atom is 0.234 e. The molecule has 0 saturated carbocycles. The van der Waals surface area contributed by atoms with Crippen LogP contribution < -0.4 is 5.32 Å². The molecule has 3 rings (SSSR count). The van der Waals surface area contributed by atoms with Gasteiger partial charge < -0.3 is 5.32 Å². The summed E-state index contributed by atoms with van der Waals surface area (Å²) in [6.45, 7) is 8.13. The number of nitrogens with zero attached hydrogens (tertiary/aromatic N) is 4. The molecular weight excluding hydrogens is 358 g/mol. The van der Waals surface area contributed by atoms with Crippen molar-refractivity contribution in [3.05, 3.63) is 58.7 Å². The predicted molar refractivity (Wildman–Crippen MR) is 109 cm³/mol. The van der Waals surface area contributed by atoms with Crippen LogP contribution >= 0.6 is 11.8 Å². The van der Waals surface area contributed by atoms with E-state index in [0.717, 1.165) is 40.0 Å². The summed E-state index contributed by atoms with van der Waals surface area (Å²) in [5.74, 6) is 0.169. The molecule has 27 heavy (non-hydrogen) atoms. The van der Waals surface area contributed by atoms with Gasteiger partial charge in [-0.05, 0) is 65.9 Å². The first kappa shape index (κ1) is 19.1. The summed E-state index contributed by atoms with van der Waals surface area (Å²) in [4.78, 5) is 12.5. The van der Waals surface area contributed by atoms with E-state index in [1.54, 1.807) is 4.68 Å². The van der Waals surface area contributed by atoms with Crippen LogP contribution in [0.25, 0.3) is 5.69 Å². The van der Waals surface area contributed by atoms with E-state index in [0.29, 0.717) is 5.16 Å². The van der Waals surface area contributed by atoms with Crippen molar-refractivity contribution in [2.45, 2.75) is 39.3 Å². The number of rotatable bonds is 6. The SMILES string of the molecule is CCc1cccc(C)c1NC(=O)CSc1nnnn1-c1cc(C)ccc1C. The summed E-state index contributed by atoms with van der Waals surface area (Å²) in [6.07, 6.45) is 0.870. The Kier molecular flexibility index (Phi) is 5.91. The van der Waals surface area contributed by atoms with Gasteiger partial charge in [0.15, 0.2) is 0 Å². The van der Waals surface area contributed by atoms with Crippen molar-refractivity contribution in [2.75, 3.05) is 11.1 Å². The molecule has 1 heterocycles. The molecular formula is C20H23N5OS. The second-order valence-corrected chi connectivity index (χ2v) is 7.41. The highest BCUT2D eigenvalue weighted by Crippen LogP contribution is 2.24. The number of hydrogen-bond acceptors (Lipinski definition) is 5. The first-order chi connectivity index (χ1) is 13.0.